The Morgan fingerprint density at radius 3 is 2.86 bits per heavy atom. The van der Waals surface area contributed by atoms with Gasteiger partial charge in [0.25, 0.3) is 0 Å². The van der Waals surface area contributed by atoms with Crippen molar-refractivity contribution in [2.24, 2.45) is 0 Å². The van der Waals surface area contributed by atoms with Crippen molar-refractivity contribution < 1.29 is 5.11 Å². The van der Waals surface area contributed by atoms with Gasteiger partial charge < -0.3 is 5.11 Å². The molecule has 1 aromatic rings. The number of rotatable bonds is 7. The zero-order valence-electron chi connectivity index (χ0n) is 8.91. The number of aliphatic hydroxyl groups is 1. The van der Waals surface area contributed by atoms with Crippen LogP contribution in [0.4, 0.5) is 0 Å². The highest BCUT2D eigenvalue weighted by Crippen LogP contribution is 2.14. The monoisotopic (exact) mass is 212 g/mol. The first-order valence-corrected chi connectivity index (χ1v) is 6.41. The van der Waals surface area contributed by atoms with E-state index >= 15 is 0 Å². The second kappa shape index (κ2) is 7.02. The molecular weight excluding hydrogens is 192 g/mol. The summed E-state index contributed by atoms with van der Waals surface area (Å²) in [6, 6.07) is 4.14. The minimum Gasteiger partial charge on any atom is -0.393 e. The molecule has 0 spiro atoms. The second-order valence-electron chi connectivity index (χ2n) is 3.79. The summed E-state index contributed by atoms with van der Waals surface area (Å²) >= 11 is 1.73. The molecule has 2 heteroatoms. The van der Waals surface area contributed by atoms with Crippen molar-refractivity contribution in [3.8, 4) is 0 Å². The van der Waals surface area contributed by atoms with Crippen LogP contribution in [0.5, 0.6) is 0 Å². The first-order valence-electron chi connectivity index (χ1n) is 5.53. The fourth-order valence-corrected chi connectivity index (χ4v) is 2.35. The minimum atomic E-state index is -0.134. The van der Waals surface area contributed by atoms with Gasteiger partial charge >= 0.3 is 0 Å². The summed E-state index contributed by atoms with van der Waals surface area (Å²) < 4.78 is 0. The van der Waals surface area contributed by atoms with Gasteiger partial charge in [0.15, 0.2) is 0 Å². The molecule has 0 saturated heterocycles. The lowest BCUT2D eigenvalue weighted by Gasteiger charge is -2.08. The third-order valence-corrected chi connectivity index (χ3v) is 3.31. The van der Waals surface area contributed by atoms with E-state index < -0.39 is 0 Å². The molecule has 1 heterocycles. The molecule has 0 aliphatic carbocycles. The normalized spacial score (nSPS) is 13.0. The summed E-state index contributed by atoms with van der Waals surface area (Å²) in [5, 5.41) is 11.8. The van der Waals surface area contributed by atoms with Gasteiger partial charge in [0.05, 0.1) is 6.10 Å². The van der Waals surface area contributed by atoms with Crippen LogP contribution in [0.15, 0.2) is 17.5 Å². The molecule has 1 nitrogen and oxygen atoms in total. The van der Waals surface area contributed by atoms with Crippen molar-refractivity contribution in [2.75, 3.05) is 0 Å². The van der Waals surface area contributed by atoms with E-state index in [2.05, 4.69) is 18.4 Å². The number of hydrogen-bond donors (Lipinski definition) is 1. The first kappa shape index (κ1) is 11.7. The van der Waals surface area contributed by atoms with E-state index in [4.69, 9.17) is 0 Å². The fourth-order valence-electron chi connectivity index (χ4n) is 1.57. The summed E-state index contributed by atoms with van der Waals surface area (Å²) in [7, 11) is 0. The summed E-state index contributed by atoms with van der Waals surface area (Å²) in [4.78, 5) is 1.30. The van der Waals surface area contributed by atoms with Gasteiger partial charge in [-0.25, -0.2) is 0 Å². The van der Waals surface area contributed by atoms with Crippen LogP contribution in [0.25, 0.3) is 0 Å². The van der Waals surface area contributed by atoms with Crippen molar-refractivity contribution in [1.29, 1.82) is 0 Å². The topological polar surface area (TPSA) is 20.2 Å². The zero-order valence-corrected chi connectivity index (χ0v) is 9.72. The van der Waals surface area contributed by atoms with Crippen LogP contribution in [-0.4, -0.2) is 11.2 Å². The Hall–Kier alpha value is -0.340. The number of aliphatic hydroxyl groups excluding tert-OH is 1. The van der Waals surface area contributed by atoms with Gasteiger partial charge in [0, 0.05) is 11.3 Å². The molecule has 1 N–H and O–H groups in total. The van der Waals surface area contributed by atoms with Crippen LogP contribution in [-0.2, 0) is 6.42 Å². The predicted molar refractivity (Wildman–Crippen MR) is 62.8 cm³/mol. The lowest BCUT2D eigenvalue weighted by Crippen LogP contribution is -2.09. The third kappa shape index (κ3) is 4.77. The summed E-state index contributed by atoms with van der Waals surface area (Å²) in [6.07, 6.45) is 6.65. The molecule has 0 aromatic carbocycles. The number of thiophene rings is 1. The van der Waals surface area contributed by atoms with Gasteiger partial charge in [-0.05, 0) is 17.9 Å². The molecule has 14 heavy (non-hydrogen) atoms. The van der Waals surface area contributed by atoms with Crippen LogP contribution >= 0.6 is 11.3 Å². The average Bonchev–Trinajstić information content (AvgIpc) is 2.65. The SMILES string of the molecule is CCCCCCC(O)Cc1cccs1. The van der Waals surface area contributed by atoms with E-state index in [-0.39, 0.29) is 6.10 Å². The van der Waals surface area contributed by atoms with Crippen LogP contribution in [0.2, 0.25) is 0 Å². The Morgan fingerprint density at radius 2 is 2.21 bits per heavy atom. The quantitative estimate of drug-likeness (QED) is 0.684. The second-order valence-corrected chi connectivity index (χ2v) is 4.82. The summed E-state index contributed by atoms with van der Waals surface area (Å²) in [6.45, 7) is 2.21. The highest BCUT2D eigenvalue weighted by Gasteiger charge is 2.05. The molecule has 80 valence electrons. The Morgan fingerprint density at radius 1 is 1.36 bits per heavy atom. The molecule has 0 fully saturated rings. The molecule has 0 aliphatic rings. The maximum absolute atomic E-state index is 9.73. The zero-order chi connectivity index (χ0) is 10.2. The van der Waals surface area contributed by atoms with Gasteiger partial charge in [-0.1, -0.05) is 38.7 Å². The Labute approximate surface area is 90.8 Å². The molecule has 1 unspecified atom stereocenters. The van der Waals surface area contributed by atoms with Crippen molar-refractivity contribution in [2.45, 2.75) is 51.6 Å². The van der Waals surface area contributed by atoms with E-state index in [1.807, 2.05) is 6.07 Å². The van der Waals surface area contributed by atoms with Gasteiger partial charge in [-0.15, -0.1) is 11.3 Å². The van der Waals surface area contributed by atoms with Crippen molar-refractivity contribution >= 4 is 11.3 Å². The van der Waals surface area contributed by atoms with E-state index in [1.54, 1.807) is 11.3 Å². The summed E-state index contributed by atoms with van der Waals surface area (Å²) in [5.41, 5.74) is 0. The highest BCUT2D eigenvalue weighted by atomic mass is 32.1. The van der Waals surface area contributed by atoms with Gasteiger partial charge in [-0.2, -0.15) is 0 Å². The molecular formula is C12H20OS. The smallest absolute Gasteiger partial charge is 0.0588 e. The van der Waals surface area contributed by atoms with Gasteiger partial charge in [0.2, 0.25) is 0 Å². The lowest BCUT2D eigenvalue weighted by atomic mass is 10.1. The molecule has 0 radical (unpaired) electrons. The van der Waals surface area contributed by atoms with Crippen LogP contribution in [0, 0.1) is 0 Å². The van der Waals surface area contributed by atoms with Crippen LogP contribution in [0.1, 0.15) is 43.9 Å². The van der Waals surface area contributed by atoms with Crippen molar-refractivity contribution in [3.05, 3.63) is 22.4 Å². The van der Waals surface area contributed by atoms with Crippen molar-refractivity contribution in [3.63, 3.8) is 0 Å². The largest absolute Gasteiger partial charge is 0.393 e. The van der Waals surface area contributed by atoms with E-state index in [0.717, 1.165) is 12.8 Å². The van der Waals surface area contributed by atoms with Gasteiger partial charge in [0.1, 0.15) is 0 Å². The van der Waals surface area contributed by atoms with Crippen LogP contribution in [0.3, 0.4) is 0 Å². The minimum absolute atomic E-state index is 0.134. The highest BCUT2D eigenvalue weighted by molar-refractivity contribution is 7.09. The fraction of sp³-hybridized carbons (Fsp3) is 0.667. The lowest BCUT2D eigenvalue weighted by molar-refractivity contribution is 0.162. The van der Waals surface area contributed by atoms with E-state index in [0.29, 0.717) is 0 Å². The Kier molecular flexibility index (Phi) is 5.88. The Bertz CT molecular complexity index is 218. The molecule has 0 amide bonds. The molecule has 0 saturated carbocycles. The number of unbranched alkanes of at least 4 members (excludes halogenated alkanes) is 3. The standard InChI is InChI=1S/C12H20OS/c1-2-3-4-5-7-11(13)10-12-8-6-9-14-12/h6,8-9,11,13H,2-5,7,10H2,1H3. The maximum atomic E-state index is 9.73. The van der Waals surface area contributed by atoms with E-state index in [1.165, 1.54) is 30.6 Å². The van der Waals surface area contributed by atoms with Gasteiger partial charge in [-0.3, -0.25) is 0 Å². The third-order valence-electron chi connectivity index (χ3n) is 2.41. The molecule has 1 rings (SSSR count). The first-order chi connectivity index (χ1) is 6.83. The molecule has 1 aromatic heterocycles. The van der Waals surface area contributed by atoms with Crippen molar-refractivity contribution in [1.82, 2.24) is 0 Å². The maximum Gasteiger partial charge on any atom is 0.0588 e. The Balaban J connectivity index is 2.07. The number of hydrogen-bond acceptors (Lipinski definition) is 2. The summed E-state index contributed by atoms with van der Waals surface area (Å²) in [5.74, 6) is 0. The molecule has 1 atom stereocenters. The van der Waals surface area contributed by atoms with Crippen LogP contribution < -0.4 is 0 Å². The van der Waals surface area contributed by atoms with E-state index in [9.17, 15) is 5.11 Å². The predicted octanol–water partition coefficient (Wildman–Crippen LogP) is 3.62. The molecule has 0 aliphatic heterocycles. The molecule has 0 bridgehead atoms. The average molecular weight is 212 g/mol.